The van der Waals surface area contributed by atoms with Gasteiger partial charge in [0.25, 0.3) is 0 Å². The van der Waals surface area contributed by atoms with Crippen LogP contribution in [0.15, 0.2) is 0 Å². The van der Waals surface area contributed by atoms with E-state index in [-0.39, 0.29) is 0 Å². The van der Waals surface area contributed by atoms with Gasteiger partial charge in [-0.15, -0.1) is 0 Å². The molecule has 0 aromatic rings. The van der Waals surface area contributed by atoms with E-state index in [2.05, 4.69) is 20.8 Å². The third kappa shape index (κ3) is 3.58. The van der Waals surface area contributed by atoms with Gasteiger partial charge in [-0.1, -0.05) is 33.6 Å². The summed E-state index contributed by atoms with van der Waals surface area (Å²) in [5, 5.41) is 11.3. The number of piperidine rings is 1. The molecule has 0 saturated carbocycles. The minimum atomic E-state index is 0.387. The Morgan fingerprint density at radius 1 is 1.36 bits per heavy atom. The van der Waals surface area contributed by atoms with E-state index in [1.54, 1.807) is 5.06 Å². The molecule has 0 aromatic carbocycles. The maximum absolute atomic E-state index is 9.73. The first-order valence-corrected chi connectivity index (χ1v) is 6.01. The van der Waals surface area contributed by atoms with E-state index in [1.165, 1.54) is 25.7 Å². The molecule has 1 aliphatic rings. The maximum Gasteiger partial charge on any atom is 0.0355 e. The number of rotatable bonds is 4. The minimum Gasteiger partial charge on any atom is -0.314 e. The van der Waals surface area contributed by atoms with E-state index in [0.29, 0.717) is 11.5 Å². The van der Waals surface area contributed by atoms with Gasteiger partial charge in [-0.3, -0.25) is 0 Å². The molecule has 1 rings (SSSR count). The topological polar surface area (TPSA) is 23.5 Å². The van der Waals surface area contributed by atoms with Crippen LogP contribution in [-0.4, -0.2) is 22.9 Å². The van der Waals surface area contributed by atoms with Crippen molar-refractivity contribution in [2.24, 2.45) is 5.41 Å². The van der Waals surface area contributed by atoms with Crippen molar-refractivity contribution in [1.82, 2.24) is 5.06 Å². The molecule has 0 aliphatic carbocycles. The molecule has 2 nitrogen and oxygen atoms in total. The standard InChI is InChI=1S/C12H25NO/c1-4-8-12(2,3)10-11-7-5-6-9-13(11)14/h11,14H,4-10H2,1-3H3. The van der Waals surface area contributed by atoms with Gasteiger partial charge in [0.15, 0.2) is 0 Å². The zero-order valence-corrected chi connectivity index (χ0v) is 9.92. The second kappa shape index (κ2) is 5.13. The Morgan fingerprint density at radius 3 is 2.64 bits per heavy atom. The smallest absolute Gasteiger partial charge is 0.0355 e. The van der Waals surface area contributed by atoms with Crippen LogP contribution in [0.1, 0.15) is 59.3 Å². The third-order valence-electron chi connectivity index (χ3n) is 3.31. The molecule has 0 spiro atoms. The van der Waals surface area contributed by atoms with Crippen LogP contribution in [0, 0.1) is 5.41 Å². The Labute approximate surface area is 88.3 Å². The Morgan fingerprint density at radius 2 is 2.07 bits per heavy atom. The number of hydroxylamine groups is 2. The Balaban J connectivity index is 2.40. The van der Waals surface area contributed by atoms with Gasteiger partial charge in [0, 0.05) is 12.6 Å². The van der Waals surface area contributed by atoms with Crippen molar-refractivity contribution in [2.75, 3.05) is 6.54 Å². The van der Waals surface area contributed by atoms with Crippen LogP contribution < -0.4 is 0 Å². The lowest BCUT2D eigenvalue weighted by Gasteiger charge is -2.36. The molecule has 14 heavy (non-hydrogen) atoms. The lowest BCUT2D eigenvalue weighted by atomic mass is 9.80. The molecule has 0 amide bonds. The number of hydrogen-bond donors (Lipinski definition) is 1. The summed E-state index contributed by atoms with van der Waals surface area (Å²) < 4.78 is 0. The fourth-order valence-electron chi connectivity index (χ4n) is 2.61. The average molecular weight is 199 g/mol. The van der Waals surface area contributed by atoms with Gasteiger partial charge in [-0.05, 0) is 31.1 Å². The Kier molecular flexibility index (Phi) is 4.39. The van der Waals surface area contributed by atoms with Crippen LogP contribution in [0.25, 0.3) is 0 Å². The SMILES string of the molecule is CCCC(C)(C)CC1CCCCN1O. The number of nitrogens with zero attached hydrogens (tertiary/aromatic N) is 1. The lowest BCUT2D eigenvalue weighted by molar-refractivity contribution is -0.150. The average Bonchev–Trinajstić information content (AvgIpc) is 2.08. The molecular weight excluding hydrogens is 174 g/mol. The zero-order chi connectivity index (χ0) is 10.6. The molecule has 1 unspecified atom stereocenters. The summed E-state index contributed by atoms with van der Waals surface area (Å²) in [6.45, 7) is 7.74. The van der Waals surface area contributed by atoms with Crippen molar-refractivity contribution < 1.29 is 5.21 Å². The quantitative estimate of drug-likeness (QED) is 0.749. The van der Waals surface area contributed by atoms with Crippen LogP contribution in [-0.2, 0) is 0 Å². The minimum absolute atomic E-state index is 0.387. The van der Waals surface area contributed by atoms with Crippen molar-refractivity contribution in [1.29, 1.82) is 0 Å². The highest BCUT2D eigenvalue weighted by Gasteiger charge is 2.27. The summed E-state index contributed by atoms with van der Waals surface area (Å²) in [7, 11) is 0. The fourth-order valence-corrected chi connectivity index (χ4v) is 2.61. The van der Waals surface area contributed by atoms with Crippen molar-refractivity contribution >= 4 is 0 Å². The zero-order valence-electron chi connectivity index (χ0n) is 9.92. The van der Waals surface area contributed by atoms with Crippen molar-refractivity contribution in [3.05, 3.63) is 0 Å². The van der Waals surface area contributed by atoms with Crippen LogP contribution >= 0.6 is 0 Å². The van der Waals surface area contributed by atoms with Crippen LogP contribution in [0.2, 0.25) is 0 Å². The van der Waals surface area contributed by atoms with Gasteiger partial charge in [-0.2, -0.15) is 5.06 Å². The summed E-state index contributed by atoms with van der Waals surface area (Å²) in [6.07, 6.45) is 7.24. The molecule has 1 fully saturated rings. The second-order valence-electron chi connectivity index (χ2n) is 5.43. The summed E-state index contributed by atoms with van der Waals surface area (Å²) in [4.78, 5) is 0. The van der Waals surface area contributed by atoms with E-state index in [4.69, 9.17) is 0 Å². The van der Waals surface area contributed by atoms with Crippen molar-refractivity contribution in [3.8, 4) is 0 Å². The van der Waals surface area contributed by atoms with E-state index in [9.17, 15) is 5.21 Å². The molecule has 1 saturated heterocycles. The normalized spacial score (nSPS) is 25.3. The number of hydrogen-bond acceptors (Lipinski definition) is 2. The summed E-state index contributed by atoms with van der Waals surface area (Å²) in [6, 6.07) is 0.408. The van der Waals surface area contributed by atoms with Crippen LogP contribution in [0.5, 0.6) is 0 Å². The molecule has 1 heterocycles. The molecule has 2 heteroatoms. The van der Waals surface area contributed by atoms with E-state index in [0.717, 1.165) is 19.4 Å². The van der Waals surface area contributed by atoms with Crippen LogP contribution in [0.4, 0.5) is 0 Å². The highest BCUT2D eigenvalue weighted by molar-refractivity contribution is 4.79. The largest absolute Gasteiger partial charge is 0.314 e. The van der Waals surface area contributed by atoms with Gasteiger partial charge in [0.2, 0.25) is 0 Å². The lowest BCUT2D eigenvalue weighted by Crippen LogP contribution is -2.39. The summed E-state index contributed by atoms with van der Waals surface area (Å²) in [5.74, 6) is 0. The fraction of sp³-hybridized carbons (Fsp3) is 1.00. The molecule has 0 bridgehead atoms. The van der Waals surface area contributed by atoms with Crippen molar-refractivity contribution in [3.63, 3.8) is 0 Å². The molecule has 0 aromatic heterocycles. The van der Waals surface area contributed by atoms with Gasteiger partial charge in [0.1, 0.15) is 0 Å². The molecule has 0 radical (unpaired) electrons. The Bertz CT molecular complexity index is 168. The maximum atomic E-state index is 9.73. The van der Waals surface area contributed by atoms with Crippen LogP contribution in [0.3, 0.4) is 0 Å². The monoisotopic (exact) mass is 199 g/mol. The predicted molar refractivity (Wildman–Crippen MR) is 59.4 cm³/mol. The summed E-state index contributed by atoms with van der Waals surface area (Å²) >= 11 is 0. The second-order valence-corrected chi connectivity index (χ2v) is 5.43. The third-order valence-corrected chi connectivity index (χ3v) is 3.31. The first-order chi connectivity index (χ1) is 6.55. The Hall–Kier alpha value is -0.0800. The summed E-state index contributed by atoms with van der Waals surface area (Å²) in [5.41, 5.74) is 0.387. The molecule has 1 aliphatic heterocycles. The molecular formula is C12H25NO. The molecule has 1 atom stereocenters. The molecule has 1 N–H and O–H groups in total. The highest BCUT2D eigenvalue weighted by atomic mass is 16.5. The first kappa shape index (κ1) is 12.0. The van der Waals surface area contributed by atoms with Crippen molar-refractivity contribution in [2.45, 2.75) is 65.3 Å². The van der Waals surface area contributed by atoms with E-state index >= 15 is 0 Å². The first-order valence-electron chi connectivity index (χ1n) is 6.01. The van der Waals surface area contributed by atoms with Gasteiger partial charge in [-0.25, -0.2) is 0 Å². The van der Waals surface area contributed by atoms with Gasteiger partial charge in [0.05, 0.1) is 0 Å². The van der Waals surface area contributed by atoms with E-state index < -0.39 is 0 Å². The highest BCUT2D eigenvalue weighted by Crippen LogP contribution is 2.32. The molecule has 84 valence electrons. The predicted octanol–water partition coefficient (Wildman–Crippen LogP) is 3.45. The van der Waals surface area contributed by atoms with Gasteiger partial charge < -0.3 is 5.21 Å². The van der Waals surface area contributed by atoms with Gasteiger partial charge >= 0.3 is 0 Å². The van der Waals surface area contributed by atoms with E-state index in [1.807, 2.05) is 0 Å².